The van der Waals surface area contributed by atoms with Crippen LogP contribution in [0.15, 0.2) is 0 Å². The Balaban J connectivity index is 5.18. The molecular formula is C18H33N5O6S. The molecule has 0 aromatic carbocycles. The fourth-order valence-corrected chi connectivity index (χ4v) is 2.84. The number of carbonyl (C=O) groups is 5. The number of primary amides is 1. The van der Waals surface area contributed by atoms with Gasteiger partial charge in [-0.2, -0.15) is 11.8 Å². The summed E-state index contributed by atoms with van der Waals surface area (Å²) in [6.07, 6.45) is 2.09. The number of aliphatic carboxylic acids is 1. The van der Waals surface area contributed by atoms with Crippen LogP contribution in [0.5, 0.6) is 0 Å². The molecule has 0 rings (SSSR count). The largest absolute Gasteiger partial charge is 0.480 e. The summed E-state index contributed by atoms with van der Waals surface area (Å²) < 4.78 is 0. The molecule has 0 heterocycles. The number of carboxylic acids is 1. The van der Waals surface area contributed by atoms with Crippen LogP contribution >= 0.6 is 11.8 Å². The maximum atomic E-state index is 12.8. The third kappa shape index (κ3) is 10.4. The Morgan fingerprint density at radius 3 is 2.00 bits per heavy atom. The fraction of sp³-hybridized carbons (Fsp3) is 0.722. The number of hydrogen-bond donors (Lipinski definition) is 6. The molecule has 0 aromatic heterocycles. The van der Waals surface area contributed by atoms with Crippen molar-refractivity contribution in [2.75, 3.05) is 12.0 Å². The average molecular weight is 448 g/mol. The van der Waals surface area contributed by atoms with Gasteiger partial charge < -0.3 is 32.5 Å². The first-order valence-electron chi connectivity index (χ1n) is 9.57. The second kappa shape index (κ2) is 13.8. The summed E-state index contributed by atoms with van der Waals surface area (Å²) >= 11 is 1.47. The minimum atomic E-state index is -1.20. The lowest BCUT2D eigenvalue weighted by molar-refractivity contribution is -0.141. The molecule has 0 saturated carbocycles. The van der Waals surface area contributed by atoms with Crippen LogP contribution in [0.25, 0.3) is 0 Å². The van der Waals surface area contributed by atoms with Crippen LogP contribution in [0.3, 0.4) is 0 Å². The summed E-state index contributed by atoms with van der Waals surface area (Å²) in [5, 5.41) is 16.4. The van der Waals surface area contributed by atoms with Crippen molar-refractivity contribution >= 4 is 41.4 Å². The molecule has 0 aromatic rings. The molecule has 0 aliphatic carbocycles. The van der Waals surface area contributed by atoms with Gasteiger partial charge in [0.2, 0.25) is 23.6 Å². The van der Waals surface area contributed by atoms with Crippen molar-refractivity contribution in [2.24, 2.45) is 17.4 Å². The smallest absolute Gasteiger partial charge is 0.325 e. The van der Waals surface area contributed by atoms with E-state index >= 15 is 0 Å². The van der Waals surface area contributed by atoms with Gasteiger partial charge in [0.05, 0.1) is 6.04 Å². The topological polar surface area (TPSA) is 194 Å². The first-order valence-corrected chi connectivity index (χ1v) is 11.0. The Morgan fingerprint density at radius 2 is 1.53 bits per heavy atom. The molecule has 12 heteroatoms. The van der Waals surface area contributed by atoms with Crippen LogP contribution in [0, 0.1) is 5.92 Å². The Hall–Kier alpha value is -2.34. The molecule has 172 valence electrons. The zero-order valence-electron chi connectivity index (χ0n) is 17.8. The lowest BCUT2D eigenvalue weighted by Crippen LogP contribution is -2.58. The molecule has 0 aliphatic rings. The first-order chi connectivity index (χ1) is 13.9. The van der Waals surface area contributed by atoms with Crippen LogP contribution in [0.1, 0.15) is 40.0 Å². The molecule has 4 unspecified atom stereocenters. The zero-order chi connectivity index (χ0) is 23.4. The molecule has 0 bridgehead atoms. The van der Waals surface area contributed by atoms with Crippen LogP contribution in [0.2, 0.25) is 0 Å². The Kier molecular flexibility index (Phi) is 12.7. The number of thioether (sulfide) groups is 1. The Labute approximate surface area is 180 Å². The van der Waals surface area contributed by atoms with Gasteiger partial charge in [0, 0.05) is 6.42 Å². The van der Waals surface area contributed by atoms with E-state index in [9.17, 15) is 24.0 Å². The molecule has 0 spiro atoms. The Morgan fingerprint density at radius 1 is 0.933 bits per heavy atom. The summed E-state index contributed by atoms with van der Waals surface area (Å²) in [5.74, 6) is -3.39. The maximum absolute atomic E-state index is 12.8. The van der Waals surface area contributed by atoms with Gasteiger partial charge in [-0.3, -0.25) is 24.0 Å². The molecule has 4 atom stereocenters. The van der Waals surface area contributed by atoms with Gasteiger partial charge in [0.15, 0.2) is 0 Å². The van der Waals surface area contributed by atoms with Gasteiger partial charge in [-0.15, -0.1) is 0 Å². The maximum Gasteiger partial charge on any atom is 0.325 e. The van der Waals surface area contributed by atoms with Crippen LogP contribution < -0.4 is 27.4 Å². The average Bonchev–Trinajstić information content (AvgIpc) is 2.66. The summed E-state index contributed by atoms with van der Waals surface area (Å²) in [4.78, 5) is 59.3. The monoisotopic (exact) mass is 447 g/mol. The van der Waals surface area contributed by atoms with Crippen LogP contribution in [-0.4, -0.2) is 70.9 Å². The number of hydrogen-bond acceptors (Lipinski definition) is 7. The number of nitrogens with two attached hydrogens (primary N) is 2. The second-order valence-corrected chi connectivity index (χ2v) is 8.24. The normalized spacial score (nSPS) is 14.9. The predicted octanol–water partition coefficient (Wildman–Crippen LogP) is -1.45. The van der Waals surface area contributed by atoms with E-state index in [4.69, 9.17) is 16.6 Å². The van der Waals surface area contributed by atoms with E-state index in [0.29, 0.717) is 5.75 Å². The van der Waals surface area contributed by atoms with Gasteiger partial charge in [-0.25, -0.2) is 0 Å². The molecule has 4 amide bonds. The highest BCUT2D eigenvalue weighted by molar-refractivity contribution is 7.98. The molecule has 11 nitrogen and oxygen atoms in total. The molecular weight excluding hydrogens is 414 g/mol. The summed E-state index contributed by atoms with van der Waals surface area (Å²) in [7, 11) is 0. The third-order valence-corrected chi connectivity index (χ3v) is 4.90. The zero-order valence-corrected chi connectivity index (χ0v) is 18.6. The molecule has 8 N–H and O–H groups in total. The number of carboxylic acid groups (broad SMARTS) is 1. The number of carbonyl (C=O) groups excluding carboxylic acids is 4. The molecule has 0 fully saturated rings. The van der Waals surface area contributed by atoms with E-state index < -0.39 is 53.8 Å². The van der Waals surface area contributed by atoms with Gasteiger partial charge in [0.1, 0.15) is 18.1 Å². The third-order valence-electron chi connectivity index (χ3n) is 4.26. The van der Waals surface area contributed by atoms with Gasteiger partial charge >= 0.3 is 5.97 Å². The van der Waals surface area contributed by atoms with Crippen molar-refractivity contribution < 1.29 is 29.1 Å². The van der Waals surface area contributed by atoms with Crippen molar-refractivity contribution in [3.63, 3.8) is 0 Å². The van der Waals surface area contributed by atoms with Crippen molar-refractivity contribution in [3.8, 4) is 0 Å². The highest BCUT2D eigenvalue weighted by atomic mass is 32.2. The van der Waals surface area contributed by atoms with Crippen molar-refractivity contribution in [3.05, 3.63) is 0 Å². The van der Waals surface area contributed by atoms with Gasteiger partial charge in [-0.1, -0.05) is 13.8 Å². The number of nitrogens with one attached hydrogen (secondary N) is 3. The van der Waals surface area contributed by atoms with E-state index in [1.54, 1.807) is 13.8 Å². The predicted molar refractivity (Wildman–Crippen MR) is 113 cm³/mol. The minimum absolute atomic E-state index is 0.0411. The van der Waals surface area contributed by atoms with Gasteiger partial charge in [-0.05, 0) is 37.7 Å². The highest BCUT2D eigenvalue weighted by Crippen LogP contribution is 2.07. The quantitative estimate of drug-likeness (QED) is 0.186. The highest BCUT2D eigenvalue weighted by Gasteiger charge is 2.30. The van der Waals surface area contributed by atoms with E-state index in [2.05, 4.69) is 16.0 Å². The van der Waals surface area contributed by atoms with E-state index in [-0.39, 0.29) is 25.2 Å². The second-order valence-electron chi connectivity index (χ2n) is 7.25. The molecule has 30 heavy (non-hydrogen) atoms. The number of amides is 4. The first kappa shape index (κ1) is 27.7. The standard InChI is InChI=1S/C18H33N5O6S/c1-9(2)14(23-15(25)11(19)5-6-13(20)24)17(27)22-12(7-8-30-4)16(26)21-10(3)18(28)29/h9-12,14H,5-8,19H2,1-4H3,(H2,20,24)(H,21,26)(H,22,27)(H,23,25)(H,28,29). The summed E-state index contributed by atoms with van der Waals surface area (Å²) in [5.41, 5.74) is 10.8. The van der Waals surface area contributed by atoms with Crippen molar-refractivity contribution in [1.82, 2.24) is 16.0 Å². The van der Waals surface area contributed by atoms with E-state index in [0.717, 1.165) is 0 Å². The van der Waals surface area contributed by atoms with E-state index in [1.165, 1.54) is 18.7 Å². The van der Waals surface area contributed by atoms with Gasteiger partial charge in [0.25, 0.3) is 0 Å². The summed E-state index contributed by atoms with van der Waals surface area (Å²) in [6, 6.07) is -4.07. The van der Waals surface area contributed by atoms with Crippen LogP contribution in [-0.2, 0) is 24.0 Å². The molecule has 0 aliphatic heterocycles. The van der Waals surface area contributed by atoms with Crippen LogP contribution in [0.4, 0.5) is 0 Å². The summed E-state index contributed by atoms with van der Waals surface area (Å²) in [6.45, 7) is 4.74. The SMILES string of the molecule is CSCCC(NC(=O)C(NC(=O)C(N)CCC(N)=O)C(C)C)C(=O)NC(C)C(=O)O. The lowest BCUT2D eigenvalue weighted by atomic mass is 10.0. The fourth-order valence-electron chi connectivity index (χ4n) is 2.37. The van der Waals surface area contributed by atoms with Crippen molar-refractivity contribution in [2.45, 2.75) is 64.2 Å². The minimum Gasteiger partial charge on any atom is -0.480 e. The van der Waals surface area contributed by atoms with E-state index in [1.807, 2.05) is 6.26 Å². The Bertz CT molecular complexity index is 630. The molecule has 0 radical (unpaired) electrons. The molecule has 0 saturated heterocycles. The van der Waals surface area contributed by atoms with Crippen molar-refractivity contribution in [1.29, 1.82) is 0 Å². The lowest BCUT2D eigenvalue weighted by Gasteiger charge is -2.26. The number of rotatable bonds is 14.